The Morgan fingerprint density at radius 1 is 0.968 bits per heavy atom. The summed E-state index contributed by atoms with van der Waals surface area (Å²) in [5.74, 6) is -1.02. The zero-order chi connectivity index (χ0) is 22.5. The third-order valence-electron chi connectivity index (χ3n) is 3.92. The number of amides is 2. The summed E-state index contributed by atoms with van der Waals surface area (Å²) in [7, 11) is 0. The molecule has 0 saturated heterocycles. The first-order valence-electron chi connectivity index (χ1n) is 8.56. The number of anilines is 2. The standard InChI is InChI=1S/C20H13Cl4N5O2/c21-12-6-4-11(5-7-12)19(30)27-13-3-1-2-10(8-13)9-26-29-20(31)17-14(22)16(25)15(23)18(24)28-17/h1-9H,(H2,25,28)(H,27,30)(H,29,31)/b26-9+. The van der Waals surface area contributed by atoms with Gasteiger partial charge in [-0.2, -0.15) is 5.10 Å². The first-order valence-corrected chi connectivity index (χ1v) is 10.1. The molecule has 1 aromatic heterocycles. The van der Waals surface area contributed by atoms with Gasteiger partial charge in [0.15, 0.2) is 10.8 Å². The van der Waals surface area contributed by atoms with Crippen LogP contribution in [0, 0.1) is 0 Å². The van der Waals surface area contributed by atoms with Gasteiger partial charge in [0.1, 0.15) is 5.02 Å². The zero-order valence-electron chi connectivity index (χ0n) is 15.5. The van der Waals surface area contributed by atoms with Crippen LogP contribution in [0.2, 0.25) is 20.2 Å². The van der Waals surface area contributed by atoms with E-state index in [0.29, 0.717) is 21.8 Å². The summed E-state index contributed by atoms with van der Waals surface area (Å²) in [5.41, 5.74) is 9.32. The molecule has 3 rings (SSSR count). The second kappa shape index (κ2) is 9.98. The molecule has 3 aromatic rings. The van der Waals surface area contributed by atoms with Crippen LogP contribution in [0.25, 0.3) is 0 Å². The number of hydrogen-bond donors (Lipinski definition) is 3. The molecule has 0 aliphatic heterocycles. The molecule has 11 heteroatoms. The van der Waals surface area contributed by atoms with Crippen molar-refractivity contribution in [2.75, 3.05) is 11.1 Å². The van der Waals surface area contributed by atoms with Gasteiger partial charge in [0, 0.05) is 16.3 Å². The highest BCUT2D eigenvalue weighted by molar-refractivity contribution is 6.46. The van der Waals surface area contributed by atoms with Crippen LogP contribution in [0.4, 0.5) is 11.4 Å². The van der Waals surface area contributed by atoms with Crippen LogP contribution in [0.5, 0.6) is 0 Å². The molecule has 0 spiro atoms. The number of nitrogen functional groups attached to an aromatic ring is 1. The Kier molecular flexibility index (Phi) is 7.35. The van der Waals surface area contributed by atoms with Crippen molar-refractivity contribution in [1.82, 2.24) is 10.4 Å². The summed E-state index contributed by atoms with van der Waals surface area (Å²) in [4.78, 5) is 28.4. The smallest absolute Gasteiger partial charge is 0.291 e. The van der Waals surface area contributed by atoms with Gasteiger partial charge in [-0.25, -0.2) is 10.4 Å². The van der Waals surface area contributed by atoms with E-state index in [4.69, 9.17) is 52.1 Å². The number of nitrogens with two attached hydrogens (primary N) is 1. The van der Waals surface area contributed by atoms with Gasteiger partial charge in [-0.15, -0.1) is 0 Å². The molecule has 0 atom stereocenters. The Hall–Kier alpha value is -2.84. The first-order chi connectivity index (χ1) is 14.8. The van der Waals surface area contributed by atoms with E-state index in [1.165, 1.54) is 6.21 Å². The second-order valence-corrected chi connectivity index (χ2v) is 7.63. The fourth-order valence-corrected chi connectivity index (χ4v) is 3.12. The molecule has 0 bridgehead atoms. The normalized spacial score (nSPS) is 10.8. The van der Waals surface area contributed by atoms with Gasteiger partial charge in [0.25, 0.3) is 11.8 Å². The third-order valence-corrected chi connectivity index (χ3v) is 5.31. The summed E-state index contributed by atoms with van der Waals surface area (Å²) < 4.78 is 0. The highest BCUT2D eigenvalue weighted by Crippen LogP contribution is 2.34. The van der Waals surface area contributed by atoms with Crippen molar-refractivity contribution in [3.05, 3.63) is 85.6 Å². The monoisotopic (exact) mass is 495 g/mol. The van der Waals surface area contributed by atoms with Crippen molar-refractivity contribution in [3.63, 3.8) is 0 Å². The van der Waals surface area contributed by atoms with Crippen molar-refractivity contribution in [2.45, 2.75) is 0 Å². The van der Waals surface area contributed by atoms with E-state index in [0.717, 1.165) is 0 Å². The lowest BCUT2D eigenvalue weighted by molar-refractivity contribution is 0.0949. The van der Waals surface area contributed by atoms with E-state index in [1.807, 2.05) is 0 Å². The molecule has 0 saturated carbocycles. The fourth-order valence-electron chi connectivity index (χ4n) is 2.40. The first kappa shape index (κ1) is 22.8. The van der Waals surface area contributed by atoms with Crippen LogP contribution in [0.1, 0.15) is 26.4 Å². The maximum atomic E-state index is 12.3. The molecule has 0 radical (unpaired) electrons. The Morgan fingerprint density at radius 3 is 2.39 bits per heavy atom. The molecule has 1 heterocycles. The number of halogens is 4. The number of carbonyl (C=O) groups is 2. The molecular weight excluding hydrogens is 484 g/mol. The minimum atomic E-state index is -0.723. The van der Waals surface area contributed by atoms with Crippen LogP contribution < -0.4 is 16.5 Å². The van der Waals surface area contributed by atoms with Crippen LogP contribution in [0.3, 0.4) is 0 Å². The number of nitrogens with one attached hydrogen (secondary N) is 2. The third kappa shape index (κ3) is 5.65. The van der Waals surface area contributed by atoms with E-state index in [-0.39, 0.29) is 32.5 Å². The van der Waals surface area contributed by atoms with Gasteiger partial charge in [-0.05, 0) is 42.0 Å². The van der Waals surface area contributed by atoms with E-state index in [1.54, 1.807) is 48.5 Å². The van der Waals surface area contributed by atoms with E-state index in [9.17, 15) is 9.59 Å². The quantitative estimate of drug-likeness (QED) is 0.253. The fraction of sp³-hybridized carbons (Fsp3) is 0. The number of aromatic nitrogens is 1. The number of pyridine rings is 1. The molecule has 0 aliphatic carbocycles. The van der Waals surface area contributed by atoms with E-state index in [2.05, 4.69) is 20.8 Å². The summed E-state index contributed by atoms with van der Waals surface area (Å²) >= 11 is 23.5. The number of rotatable bonds is 5. The predicted octanol–water partition coefficient (Wildman–Crippen LogP) is 5.29. The number of carbonyl (C=O) groups excluding carboxylic acids is 2. The molecule has 4 N–H and O–H groups in total. The molecule has 0 unspecified atom stereocenters. The average Bonchev–Trinajstić information content (AvgIpc) is 2.75. The number of hydrogen-bond acceptors (Lipinski definition) is 5. The highest BCUT2D eigenvalue weighted by atomic mass is 35.5. The van der Waals surface area contributed by atoms with Crippen molar-refractivity contribution in [2.24, 2.45) is 5.10 Å². The van der Waals surface area contributed by atoms with Crippen LogP contribution >= 0.6 is 46.4 Å². The van der Waals surface area contributed by atoms with Gasteiger partial charge in [0.2, 0.25) is 0 Å². The van der Waals surface area contributed by atoms with Gasteiger partial charge < -0.3 is 11.1 Å². The second-order valence-electron chi connectivity index (χ2n) is 6.08. The van der Waals surface area contributed by atoms with Crippen molar-refractivity contribution < 1.29 is 9.59 Å². The summed E-state index contributed by atoms with van der Waals surface area (Å²) in [6, 6.07) is 13.3. The molecule has 158 valence electrons. The van der Waals surface area contributed by atoms with Crippen molar-refractivity contribution >= 4 is 75.8 Å². The van der Waals surface area contributed by atoms with Crippen LogP contribution in [-0.4, -0.2) is 23.0 Å². The Morgan fingerprint density at radius 2 is 1.68 bits per heavy atom. The molecule has 0 fully saturated rings. The Bertz CT molecular complexity index is 1180. The minimum Gasteiger partial charge on any atom is -0.396 e. The minimum absolute atomic E-state index is 0.0378. The summed E-state index contributed by atoms with van der Waals surface area (Å²) in [5, 5.41) is 6.85. The van der Waals surface area contributed by atoms with Gasteiger partial charge >= 0.3 is 0 Å². The van der Waals surface area contributed by atoms with Crippen molar-refractivity contribution in [1.29, 1.82) is 0 Å². The molecule has 31 heavy (non-hydrogen) atoms. The Balaban J connectivity index is 1.68. The Labute approximate surface area is 197 Å². The number of hydrazone groups is 1. The lowest BCUT2D eigenvalue weighted by Crippen LogP contribution is -2.20. The lowest BCUT2D eigenvalue weighted by Gasteiger charge is -2.08. The van der Waals surface area contributed by atoms with Gasteiger partial charge in [-0.3, -0.25) is 9.59 Å². The summed E-state index contributed by atoms with van der Waals surface area (Å²) in [6.45, 7) is 0. The van der Waals surface area contributed by atoms with E-state index < -0.39 is 5.91 Å². The topological polar surface area (TPSA) is 109 Å². The molecule has 0 aliphatic rings. The molecule has 7 nitrogen and oxygen atoms in total. The lowest BCUT2D eigenvalue weighted by atomic mass is 10.2. The van der Waals surface area contributed by atoms with Crippen molar-refractivity contribution in [3.8, 4) is 0 Å². The molecule has 2 amide bonds. The van der Waals surface area contributed by atoms with Crippen LogP contribution in [0.15, 0.2) is 53.6 Å². The predicted molar refractivity (Wildman–Crippen MR) is 125 cm³/mol. The zero-order valence-corrected chi connectivity index (χ0v) is 18.5. The number of nitrogens with zero attached hydrogens (tertiary/aromatic N) is 2. The number of benzene rings is 2. The van der Waals surface area contributed by atoms with Gasteiger partial charge in [-0.1, -0.05) is 58.5 Å². The van der Waals surface area contributed by atoms with E-state index >= 15 is 0 Å². The maximum Gasteiger partial charge on any atom is 0.291 e. The van der Waals surface area contributed by atoms with Gasteiger partial charge in [0.05, 0.1) is 16.9 Å². The largest absolute Gasteiger partial charge is 0.396 e. The molecule has 2 aromatic carbocycles. The molecular formula is C20H13Cl4N5O2. The SMILES string of the molecule is Nc1c(Cl)c(Cl)nc(C(=O)N/N=C/c2cccc(NC(=O)c3ccc(Cl)cc3)c2)c1Cl. The van der Waals surface area contributed by atoms with Crippen LogP contribution in [-0.2, 0) is 0 Å². The highest BCUT2D eigenvalue weighted by Gasteiger charge is 2.19. The summed E-state index contributed by atoms with van der Waals surface area (Å²) in [6.07, 6.45) is 1.38. The average molecular weight is 497 g/mol. The maximum absolute atomic E-state index is 12.3.